The Morgan fingerprint density at radius 2 is 1.89 bits per heavy atom. The highest BCUT2D eigenvalue weighted by Gasteiger charge is 2.22. The Balaban J connectivity index is 1.77. The Morgan fingerprint density at radius 3 is 2.47 bits per heavy atom. The molecular weight excluding hydrogens is 242 g/mol. The van der Waals surface area contributed by atoms with Gasteiger partial charge in [-0.2, -0.15) is 0 Å². The second kappa shape index (κ2) is 6.27. The fraction of sp³-hybridized carbons (Fsp3) is 0.692. The zero-order valence-electron chi connectivity index (χ0n) is 11.5. The van der Waals surface area contributed by atoms with E-state index in [2.05, 4.69) is 19.8 Å². The van der Waals surface area contributed by atoms with E-state index in [4.69, 9.17) is 5.73 Å². The van der Waals surface area contributed by atoms with E-state index in [9.17, 15) is 5.11 Å². The van der Waals surface area contributed by atoms with Crippen LogP contribution in [0.15, 0.2) is 18.5 Å². The van der Waals surface area contributed by atoms with Crippen LogP contribution in [0.2, 0.25) is 0 Å². The number of hydrogen-bond acceptors (Lipinski definition) is 6. The minimum atomic E-state index is -0.750. The molecule has 1 aromatic rings. The van der Waals surface area contributed by atoms with Gasteiger partial charge in [0.05, 0.1) is 5.60 Å². The average molecular weight is 265 g/mol. The molecule has 1 saturated heterocycles. The molecule has 1 unspecified atom stereocenters. The van der Waals surface area contributed by atoms with Gasteiger partial charge in [0, 0.05) is 51.7 Å². The third-order valence-electron chi connectivity index (χ3n) is 3.61. The quantitative estimate of drug-likeness (QED) is 0.761. The molecule has 3 N–H and O–H groups in total. The third kappa shape index (κ3) is 4.12. The molecule has 0 saturated carbocycles. The number of anilines is 1. The van der Waals surface area contributed by atoms with Crippen LogP contribution in [0.5, 0.6) is 0 Å². The number of nitrogens with two attached hydrogens (primary N) is 1. The number of nitrogens with zero attached hydrogens (tertiary/aromatic N) is 4. The fourth-order valence-corrected chi connectivity index (χ4v) is 2.13. The van der Waals surface area contributed by atoms with E-state index in [-0.39, 0.29) is 0 Å². The minimum Gasteiger partial charge on any atom is -0.389 e. The van der Waals surface area contributed by atoms with Crippen molar-refractivity contribution in [2.45, 2.75) is 18.9 Å². The summed E-state index contributed by atoms with van der Waals surface area (Å²) in [6, 6.07) is 1.83. The smallest absolute Gasteiger partial charge is 0.225 e. The van der Waals surface area contributed by atoms with Crippen molar-refractivity contribution in [3.63, 3.8) is 0 Å². The molecule has 1 aliphatic heterocycles. The van der Waals surface area contributed by atoms with Gasteiger partial charge in [-0.1, -0.05) is 0 Å². The van der Waals surface area contributed by atoms with Crippen molar-refractivity contribution >= 4 is 5.95 Å². The van der Waals surface area contributed by atoms with Crippen LogP contribution in [0.1, 0.15) is 13.3 Å². The Kier molecular flexibility index (Phi) is 4.68. The summed E-state index contributed by atoms with van der Waals surface area (Å²) in [5, 5.41) is 9.90. The van der Waals surface area contributed by atoms with Crippen LogP contribution in [-0.2, 0) is 0 Å². The first kappa shape index (κ1) is 14.2. The topological polar surface area (TPSA) is 78.5 Å². The van der Waals surface area contributed by atoms with Gasteiger partial charge in [0.25, 0.3) is 0 Å². The molecule has 2 rings (SSSR count). The molecule has 1 fully saturated rings. The summed E-state index contributed by atoms with van der Waals surface area (Å²) in [5.74, 6) is 0.802. The summed E-state index contributed by atoms with van der Waals surface area (Å²) in [6.07, 6.45) is 4.26. The summed E-state index contributed by atoms with van der Waals surface area (Å²) >= 11 is 0. The second-order valence-corrected chi connectivity index (χ2v) is 5.33. The number of hydrogen-bond donors (Lipinski definition) is 2. The van der Waals surface area contributed by atoms with Crippen LogP contribution in [0.3, 0.4) is 0 Å². The van der Waals surface area contributed by atoms with Crippen LogP contribution in [0.4, 0.5) is 5.95 Å². The number of piperazine rings is 1. The van der Waals surface area contributed by atoms with Crippen LogP contribution in [0, 0.1) is 0 Å². The lowest BCUT2D eigenvalue weighted by Gasteiger charge is -2.35. The Morgan fingerprint density at radius 1 is 1.26 bits per heavy atom. The van der Waals surface area contributed by atoms with Crippen molar-refractivity contribution < 1.29 is 5.11 Å². The molecule has 1 aliphatic rings. The molecular formula is C13H23N5O. The predicted octanol–water partition coefficient (Wildman–Crippen LogP) is -0.302. The highest BCUT2D eigenvalue weighted by Crippen LogP contribution is 2.12. The van der Waals surface area contributed by atoms with Crippen molar-refractivity contribution in [2.24, 2.45) is 5.73 Å². The molecule has 19 heavy (non-hydrogen) atoms. The Labute approximate surface area is 114 Å². The summed E-state index contributed by atoms with van der Waals surface area (Å²) in [5.41, 5.74) is 4.78. The van der Waals surface area contributed by atoms with E-state index in [0.717, 1.165) is 38.7 Å². The lowest BCUT2D eigenvalue weighted by atomic mass is 10.0. The van der Waals surface area contributed by atoms with Gasteiger partial charge in [0.2, 0.25) is 5.95 Å². The minimum absolute atomic E-state index is 0.310. The zero-order valence-corrected chi connectivity index (χ0v) is 11.5. The first-order valence-corrected chi connectivity index (χ1v) is 6.77. The van der Waals surface area contributed by atoms with Gasteiger partial charge < -0.3 is 15.7 Å². The highest BCUT2D eigenvalue weighted by atomic mass is 16.3. The van der Waals surface area contributed by atoms with E-state index in [1.54, 1.807) is 19.3 Å². The number of rotatable bonds is 5. The summed E-state index contributed by atoms with van der Waals surface area (Å²) in [6.45, 7) is 6.78. The molecule has 0 bridgehead atoms. The van der Waals surface area contributed by atoms with E-state index >= 15 is 0 Å². The number of aliphatic hydroxyl groups is 1. The maximum absolute atomic E-state index is 9.90. The molecule has 0 radical (unpaired) electrons. The number of aromatic nitrogens is 2. The predicted molar refractivity (Wildman–Crippen MR) is 75.0 cm³/mol. The summed E-state index contributed by atoms with van der Waals surface area (Å²) < 4.78 is 0. The monoisotopic (exact) mass is 265 g/mol. The van der Waals surface area contributed by atoms with Crippen LogP contribution < -0.4 is 10.6 Å². The van der Waals surface area contributed by atoms with Gasteiger partial charge in [-0.05, 0) is 19.4 Å². The molecule has 0 aliphatic carbocycles. The molecule has 106 valence electrons. The van der Waals surface area contributed by atoms with Crippen LogP contribution in [0.25, 0.3) is 0 Å². The zero-order chi connectivity index (χ0) is 13.7. The second-order valence-electron chi connectivity index (χ2n) is 5.33. The van der Waals surface area contributed by atoms with Gasteiger partial charge in [-0.25, -0.2) is 9.97 Å². The maximum Gasteiger partial charge on any atom is 0.225 e. The van der Waals surface area contributed by atoms with Gasteiger partial charge in [0.1, 0.15) is 0 Å². The fourth-order valence-electron chi connectivity index (χ4n) is 2.13. The van der Waals surface area contributed by atoms with Crippen LogP contribution in [-0.4, -0.2) is 64.8 Å². The first-order chi connectivity index (χ1) is 9.11. The molecule has 1 aromatic heterocycles. The third-order valence-corrected chi connectivity index (χ3v) is 3.61. The Bertz CT molecular complexity index is 376. The highest BCUT2D eigenvalue weighted by molar-refractivity contribution is 5.29. The maximum atomic E-state index is 9.90. The van der Waals surface area contributed by atoms with E-state index < -0.39 is 5.60 Å². The van der Waals surface area contributed by atoms with Crippen molar-refractivity contribution in [2.75, 3.05) is 44.2 Å². The van der Waals surface area contributed by atoms with Gasteiger partial charge in [0.15, 0.2) is 0 Å². The lowest BCUT2D eigenvalue weighted by molar-refractivity contribution is 0.0469. The van der Waals surface area contributed by atoms with Crippen molar-refractivity contribution in [3.8, 4) is 0 Å². The average Bonchev–Trinajstić information content (AvgIpc) is 2.47. The van der Waals surface area contributed by atoms with Gasteiger partial charge >= 0.3 is 0 Å². The largest absolute Gasteiger partial charge is 0.389 e. The molecule has 1 atom stereocenters. The lowest BCUT2D eigenvalue weighted by Crippen LogP contribution is -2.48. The van der Waals surface area contributed by atoms with Crippen LogP contribution >= 0.6 is 0 Å². The van der Waals surface area contributed by atoms with E-state index in [1.165, 1.54) is 0 Å². The molecule has 6 heteroatoms. The van der Waals surface area contributed by atoms with E-state index in [1.807, 2.05) is 6.07 Å². The standard InChI is InChI=1S/C13H23N5O/c1-13(19,11-14)3-6-17-7-9-18(10-8-17)12-15-4-2-5-16-12/h2,4-5,19H,3,6-11,14H2,1H3. The molecule has 2 heterocycles. The van der Waals surface area contributed by atoms with Crippen molar-refractivity contribution in [1.29, 1.82) is 0 Å². The van der Waals surface area contributed by atoms with E-state index in [0.29, 0.717) is 13.0 Å². The van der Waals surface area contributed by atoms with Crippen molar-refractivity contribution in [1.82, 2.24) is 14.9 Å². The summed E-state index contributed by atoms with van der Waals surface area (Å²) in [7, 11) is 0. The summed E-state index contributed by atoms with van der Waals surface area (Å²) in [4.78, 5) is 13.1. The molecule has 6 nitrogen and oxygen atoms in total. The molecule has 0 amide bonds. The molecule has 0 spiro atoms. The SMILES string of the molecule is CC(O)(CN)CCN1CCN(c2ncccn2)CC1. The Hall–Kier alpha value is -1.24. The normalized spacial score (nSPS) is 20.3. The van der Waals surface area contributed by atoms with Gasteiger partial charge in [-0.15, -0.1) is 0 Å². The first-order valence-electron chi connectivity index (χ1n) is 6.77. The van der Waals surface area contributed by atoms with Gasteiger partial charge in [-0.3, -0.25) is 4.90 Å². The van der Waals surface area contributed by atoms with Crippen molar-refractivity contribution in [3.05, 3.63) is 18.5 Å². The molecule has 0 aromatic carbocycles.